The number of methoxy groups -OCH3 is 1. The number of hydrogen-bond acceptors (Lipinski definition) is 4. The Morgan fingerprint density at radius 1 is 1.33 bits per heavy atom. The molecule has 0 saturated heterocycles. The van der Waals surface area contributed by atoms with E-state index in [0.717, 1.165) is 6.29 Å². The largest absolute Gasteiger partial charge is 0.493 e. The van der Waals surface area contributed by atoms with Gasteiger partial charge < -0.3 is 14.8 Å². The van der Waals surface area contributed by atoms with Crippen LogP contribution in [0.3, 0.4) is 0 Å². The van der Waals surface area contributed by atoms with Gasteiger partial charge in [0, 0.05) is 12.1 Å². The molecule has 0 heterocycles. The van der Waals surface area contributed by atoms with Crippen LogP contribution in [-0.2, 0) is 4.79 Å². The van der Waals surface area contributed by atoms with Gasteiger partial charge in [-0.3, -0.25) is 9.59 Å². The summed E-state index contributed by atoms with van der Waals surface area (Å²) in [4.78, 5) is 22.2. The summed E-state index contributed by atoms with van der Waals surface area (Å²) in [6, 6.07) is 4.80. The highest BCUT2D eigenvalue weighted by atomic mass is 35.5. The monoisotopic (exact) mass is 331 g/mol. The SMILES string of the molecule is COc1cc(C=O)ccc1OCCC(=O)NCC=C(Cl)Cl. The number of carbonyl (C=O) groups is 2. The maximum atomic E-state index is 11.5. The Labute approximate surface area is 132 Å². The van der Waals surface area contributed by atoms with Gasteiger partial charge in [0.15, 0.2) is 11.5 Å². The summed E-state index contributed by atoms with van der Waals surface area (Å²) >= 11 is 10.8. The molecule has 0 aromatic heterocycles. The van der Waals surface area contributed by atoms with Crippen molar-refractivity contribution in [2.45, 2.75) is 6.42 Å². The second-order valence-corrected chi connectivity index (χ2v) is 4.93. The van der Waals surface area contributed by atoms with Crippen molar-refractivity contribution in [2.24, 2.45) is 0 Å². The van der Waals surface area contributed by atoms with Crippen molar-refractivity contribution < 1.29 is 19.1 Å². The molecule has 0 fully saturated rings. The van der Waals surface area contributed by atoms with Crippen LogP contribution in [0.1, 0.15) is 16.8 Å². The molecule has 0 spiro atoms. The number of rotatable bonds is 8. The Kier molecular flexibility index (Phi) is 7.64. The fraction of sp³-hybridized carbons (Fsp3) is 0.286. The Balaban J connectivity index is 2.43. The molecule has 0 radical (unpaired) electrons. The van der Waals surface area contributed by atoms with Gasteiger partial charge in [-0.25, -0.2) is 0 Å². The molecule has 7 heteroatoms. The van der Waals surface area contributed by atoms with E-state index in [1.165, 1.54) is 13.2 Å². The third-order valence-electron chi connectivity index (χ3n) is 2.47. The topological polar surface area (TPSA) is 64.6 Å². The fourth-order valence-electron chi connectivity index (χ4n) is 1.46. The molecule has 0 aliphatic heterocycles. The van der Waals surface area contributed by atoms with E-state index in [9.17, 15) is 9.59 Å². The van der Waals surface area contributed by atoms with Crippen molar-refractivity contribution in [1.82, 2.24) is 5.32 Å². The number of hydrogen-bond donors (Lipinski definition) is 1. The number of benzene rings is 1. The van der Waals surface area contributed by atoms with Gasteiger partial charge in [0.2, 0.25) is 5.91 Å². The molecular formula is C14H15Cl2NO4. The van der Waals surface area contributed by atoms with Gasteiger partial charge in [0.1, 0.15) is 10.8 Å². The zero-order valence-electron chi connectivity index (χ0n) is 11.4. The van der Waals surface area contributed by atoms with Crippen LogP contribution in [-0.4, -0.2) is 32.5 Å². The van der Waals surface area contributed by atoms with Crippen molar-refractivity contribution in [1.29, 1.82) is 0 Å². The third-order valence-corrected chi connectivity index (χ3v) is 2.77. The fourth-order valence-corrected chi connectivity index (χ4v) is 1.62. The first-order valence-corrected chi connectivity index (χ1v) is 6.86. The van der Waals surface area contributed by atoms with E-state index in [1.54, 1.807) is 18.2 Å². The number of amides is 1. The second-order valence-electron chi connectivity index (χ2n) is 3.92. The minimum atomic E-state index is -0.190. The molecule has 0 unspecified atom stereocenters. The predicted octanol–water partition coefficient (Wildman–Crippen LogP) is 2.71. The highest BCUT2D eigenvalue weighted by molar-refractivity contribution is 6.55. The predicted molar refractivity (Wildman–Crippen MR) is 81.3 cm³/mol. The summed E-state index contributed by atoms with van der Waals surface area (Å²) in [5.41, 5.74) is 0.488. The van der Waals surface area contributed by atoms with Gasteiger partial charge >= 0.3 is 0 Å². The standard InChI is InChI=1S/C14H15Cl2NO4/c1-20-12-8-10(9-18)2-3-11(12)21-7-5-14(19)17-6-4-13(15)16/h2-4,8-9H,5-7H2,1H3,(H,17,19). The number of nitrogens with one attached hydrogen (secondary N) is 1. The number of carbonyl (C=O) groups excluding carboxylic acids is 2. The first-order valence-electron chi connectivity index (χ1n) is 6.10. The van der Waals surface area contributed by atoms with Crippen molar-refractivity contribution in [3.05, 3.63) is 34.3 Å². The van der Waals surface area contributed by atoms with Gasteiger partial charge in [-0.1, -0.05) is 23.2 Å². The molecule has 1 N–H and O–H groups in total. The van der Waals surface area contributed by atoms with Gasteiger partial charge in [0.25, 0.3) is 0 Å². The first-order chi connectivity index (χ1) is 10.1. The molecule has 0 saturated carbocycles. The minimum absolute atomic E-state index is 0.103. The molecule has 21 heavy (non-hydrogen) atoms. The van der Waals surface area contributed by atoms with Crippen LogP contribution in [0.25, 0.3) is 0 Å². The third kappa shape index (κ3) is 6.51. The lowest BCUT2D eigenvalue weighted by atomic mass is 10.2. The van der Waals surface area contributed by atoms with Gasteiger partial charge in [0.05, 0.1) is 20.1 Å². The lowest BCUT2D eigenvalue weighted by molar-refractivity contribution is -0.121. The van der Waals surface area contributed by atoms with E-state index in [2.05, 4.69) is 5.32 Å². The Bertz CT molecular complexity index is 528. The summed E-state index contributed by atoms with van der Waals surface area (Å²) in [6.07, 6.45) is 2.37. The Hall–Kier alpha value is -1.72. The van der Waals surface area contributed by atoms with Crippen molar-refractivity contribution in [2.75, 3.05) is 20.3 Å². The maximum Gasteiger partial charge on any atom is 0.223 e. The number of ether oxygens (including phenoxy) is 2. The average Bonchev–Trinajstić information content (AvgIpc) is 2.47. The quantitative estimate of drug-likeness (QED) is 0.744. The molecule has 114 valence electrons. The minimum Gasteiger partial charge on any atom is -0.493 e. The van der Waals surface area contributed by atoms with E-state index in [-0.39, 0.29) is 30.0 Å². The van der Waals surface area contributed by atoms with Gasteiger partial charge in [-0.15, -0.1) is 0 Å². The molecule has 0 bridgehead atoms. The first kappa shape index (κ1) is 17.3. The van der Waals surface area contributed by atoms with Crippen LogP contribution in [0.15, 0.2) is 28.8 Å². The summed E-state index contributed by atoms with van der Waals surface area (Å²) in [7, 11) is 1.48. The average molecular weight is 332 g/mol. The highest BCUT2D eigenvalue weighted by Crippen LogP contribution is 2.27. The molecular weight excluding hydrogens is 317 g/mol. The van der Waals surface area contributed by atoms with E-state index in [0.29, 0.717) is 17.1 Å². The van der Waals surface area contributed by atoms with Crippen LogP contribution >= 0.6 is 23.2 Å². The molecule has 1 aromatic carbocycles. The Morgan fingerprint density at radius 3 is 2.71 bits per heavy atom. The summed E-state index contributed by atoms with van der Waals surface area (Å²) in [5, 5.41) is 2.61. The normalized spacial score (nSPS) is 9.67. The summed E-state index contributed by atoms with van der Waals surface area (Å²) in [5.74, 6) is 0.723. The zero-order chi connectivity index (χ0) is 15.7. The molecule has 0 aliphatic carbocycles. The molecule has 1 aromatic rings. The van der Waals surface area contributed by atoms with Crippen LogP contribution < -0.4 is 14.8 Å². The number of aldehydes is 1. The zero-order valence-corrected chi connectivity index (χ0v) is 12.9. The smallest absolute Gasteiger partial charge is 0.223 e. The lowest BCUT2D eigenvalue weighted by Crippen LogP contribution is -2.25. The van der Waals surface area contributed by atoms with E-state index >= 15 is 0 Å². The molecule has 1 amide bonds. The van der Waals surface area contributed by atoms with Gasteiger partial charge in [-0.2, -0.15) is 0 Å². The summed E-state index contributed by atoms with van der Waals surface area (Å²) < 4.78 is 10.7. The summed E-state index contributed by atoms with van der Waals surface area (Å²) in [6.45, 7) is 0.444. The second kappa shape index (κ2) is 9.26. The van der Waals surface area contributed by atoms with Gasteiger partial charge in [-0.05, 0) is 24.3 Å². The van der Waals surface area contributed by atoms with Crippen LogP contribution in [0.4, 0.5) is 0 Å². The molecule has 1 rings (SSSR count). The number of halogens is 2. The van der Waals surface area contributed by atoms with Crippen molar-refractivity contribution >= 4 is 35.4 Å². The Morgan fingerprint density at radius 2 is 2.10 bits per heavy atom. The molecule has 0 aliphatic rings. The maximum absolute atomic E-state index is 11.5. The van der Waals surface area contributed by atoms with E-state index < -0.39 is 0 Å². The van der Waals surface area contributed by atoms with Crippen molar-refractivity contribution in [3.8, 4) is 11.5 Å². The van der Waals surface area contributed by atoms with Crippen LogP contribution in [0, 0.1) is 0 Å². The van der Waals surface area contributed by atoms with E-state index in [4.69, 9.17) is 32.7 Å². The highest BCUT2D eigenvalue weighted by Gasteiger charge is 2.07. The van der Waals surface area contributed by atoms with Crippen LogP contribution in [0.2, 0.25) is 0 Å². The van der Waals surface area contributed by atoms with Crippen LogP contribution in [0.5, 0.6) is 11.5 Å². The van der Waals surface area contributed by atoms with Crippen molar-refractivity contribution in [3.63, 3.8) is 0 Å². The molecule has 0 atom stereocenters. The van der Waals surface area contributed by atoms with E-state index in [1.807, 2.05) is 0 Å². The molecule has 5 nitrogen and oxygen atoms in total. The lowest BCUT2D eigenvalue weighted by Gasteiger charge is -2.10.